The molecule has 2 aliphatic carbocycles. The topological polar surface area (TPSA) is 71.4 Å². The molecule has 89 heavy (non-hydrogen) atoms. The highest BCUT2D eigenvalue weighted by Gasteiger charge is 2.51. The minimum atomic E-state index is -0.717. The summed E-state index contributed by atoms with van der Waals surface area (Å²) in [5, 5.41) is 6.81. The molecule has 0 atom stereocenters. The molecule has 16 aromatic rings. The highest BCUT2D eigenvalue weighted by Crippen LogP contribution is 2.64. The van der Waals surface area contributed by atoms with Crippen LogP contribution in [0.2, 0.25) is 0 Å². The van der Waals surface area contributed by atoms with Crippen molar-refractivity contribution in [1.82, 2.24) is 15.0 Å². The van der Waals surface area contributed by atoms with E-state index in [1.807, 2.05) is 53.8 Å². The lowest BCUT2D eigenvalue weighted by atomic mass is 9.67. The Morgan fingerprint density at radius 3 is 1.57 bits per heavy atom. The predicted octanol–water partition coefficient (Wildman–Crippen LogP) is 22.5. The van der Waals surface area contributed by atoms with E-state index in [9.17, 15) is 0 Å². The first kappa shape index (κ1) is 51.7. The van der Waals surface area contributed by atoms with Crippen molar-refractivity contribution in [3.05, 3.63) is 306 Å². The maximum atomic E-state index is 7.48. The van der Waals surface area contributed by atoms with Gasteiger partial charge >= 0.3 is 0 Å². The van der Waals surface area contributed by atoms with E-state index in [4.69, 9.17) is 23.8 Å². The van der Waals surface area contributed by atoms with Crippen molar-refractivity contribution in [3.8, 4) is 55.2 Å². The first-order valence-corrected chi connectivity index (χ1v) is 32.3. The Morgan fingerprint density at radius 2 is 0.865 bits per heavy atom. The van der Waals surface area contributed by atoms with E-state index < -0.39 is 5.41 Å². The molecule has 10 aromatic carbocycles. The Hall–Kier alpha value is -10.5. The summed E-state index contributed by atoms with van der Waals surface area (Å²) in [6, 6.07) is 97.5. The van der Waals surface area contributed by atoms with Gasteiger partial charge in [0.2, 0.25) is 5.95 Å². The first-order chi connectivity index (χ1) is 43.8. The van der Waals surface area contributed by atoms with Gasteiger partial charge in [0.25, 0.3) is 0 Å². The van der Waals surface area contributed by atoms with Gasteiger partial charge in [0.15, 0.2) is 17.4 Å². The van der Waals surface area contributed by atoms with Gasteiger partial charge in [0, 0.05) is 70.0 Å². The molecular formula is C79H51N5O2S3. The van der Waals surface area contributed by atoms with Crippen LogP contribution in [0.5, 0.6) is 0 Å². The van der Waals surface area contributed by atoms with E-state index in [0.717, 1.165) is 98.1 Å². The highest BCUT2D eigenvalue weighted by molar-refractivity contribution is 7.25. The van der Waals surface area contributed by atoms with Crippen LogP contribution in [0.1, 0.15) is 47.2 Å². The highest BCUT2D eigenvalue weighted by atomic mass is 32.1. The summed E-state index contributed by atoms with van der Waals surface area (Å²) < 4.78 is 16.8. The normalized spacial score (nSPS) is 13.5. The second-order valence-corrected chi connectivity index (χ2v) is 26.6. The number of thiophene rings is 3. The zero-order valence-corrected chi connectivity index (χ0v) is 50.7. The molecule has 0 radical (unpaired) electrons. The average Bonchev–Trinajstić information content (AvgIpc) is 1.53. The van der Waals surface area contributed by atoms with Gasteiger partial charge in [-0.3, -0.25) is 4.90 Å². The van der Waals surface area contributed by atoms with Crippen molar-refractivity contribution in [2.45, 2.75) is 24.7 Å². The van der Waals surface area contributed by atoms with Crippen molar-refractivity contribution >= 4 is 109 Å². The van der Waals surface area contributed by atoms with E-state index in [1.54, 1.807) is 22.7 Å². The molecule has 10 heteroatoms. The summed E-state index contributed by atoms with van der Waals surface area (Å²) in [4.78, 5) is 22.7. The fourth-order valence-corrected chi connectivity index (χ4v) is 17.7. The fraction of sp³-hybridized carbons (Fsp3) is 0.0506. The second-order valence-electron chi connectivity index (χ2n) is 23.4. The van der Waals surface area contributed by atoms with E-state index in [-0.39, 0.29) is 5.41 Å². The minimum absolute atomic E-state index is 0.332. The number of rotatable bonds is 11. The smallest absolute Gasteiger partial charge is 0.239 e. The van der Waals surface area contributed by atoms with Crippen molar-refractivity contribution in [2.75, 3.05) is 9.80 Å². The lowest BCUT2D eigenvalue weighted by molar-refractivity contribution is 0.619. The molecular weight excluding hydrogens is 1150 g/mol. The Labute approximate surface area is 525 Å². The zero-order valence-electron chi connectivity index (χ0n) is 48.3. The van der Waals surface area contributed by atoms with Crippen LogP contribution in [0.15, 0.2) is 282 Å². The van der Waals surface area contributed by atoms with Crippen molar-refractivity contribution < 1.29 is 8.83 Å². The van der Waals surface area contributed by atoms with Crippen LogP contribution < -0.4 is 9.80 Å². The maximum absolute atomic E-state index is 7.48. The number of fused-ring (bicyclic) bond motifs is 13. The van der Waals surface area contributed by atoms with Crippen LogP contribution in [0, 0.1) is 0 Å². The van der Waals surface area contributed by atoms with Crippen molar-refractivity contribution in [2.24, 2.45) is 0 Å². The van der Waals surface area contributed by atoms with Crippen molar-refractivity contribution in [1.29, 1.82) is 0 Å². The van der Waals surface area contributed by atoms with Crippen LogP contribution in [0.3, 0.4) is 0 Å². The van der Waals surface area contributed by atoms with E-state index >= 15 is 0 Å². The van der Waals surface area contributed by atoms with Crippen LogP contribution in [0.4, 0.5) is 33.0 Å². The van der Waals surface area contributed by atoms with E-state index in [2.05, 4.69) is 254 Å². The summed E-state index contributed by atoms with van der Waals surface area (Å²) in [6.45, 7) is 4.61. The molecule has 0 aliphatic heterocycles. The predicted molar refractivity (Wildman–Crippen MR) is 369 cm³/mol. The third-order valence-corrected chi connectivity index (χ3v) is 21.4. The Balaban J connectivity index is 0.816. The SMILES string of the molecule is CC1(C)c2cc(N(c3cccc(-c4ccc5c6c(oc5c4)-c4sc(N(c5ccccc5)c5ccc7sc8ccccc8c7c5)cc4C6(c4ccccc4)c4ccccc4)c3)c3nc(-c4ccccc4)nc(-c4ccccc4)n3)sc2-c2oc3ccccc3c21. The number of benzene rings is 10. The van der Waals surface area contributed by atoms with E-state index in [0.29, 0.717) is 17.6 Å². The zero-order chi connectivity index (χ0) is 59.0. The van der Waals surface area contributed by atoms with Crippen LogP contribution in [-0.2, 0) is 10.8 Å². The number of aromatic nitrogens is 3. The third kappa shape index (κ3) is 7.97. The molecule has 422 valence electrons. The molecule has 7 nitrogen and oxygen atoms in total. The van der Waals surface area contributed by atoms with Crippen LogP contribution >= 0.6 is 34.0 Å². The molecule has 0 bridgehead atoms. The molecule has 0 fully saturated rings. The molecule has 0 spiro atoms. The molecule has 0 N–H and O–H groups in total. The van der Waals surface area contributed by atoms with Crippen LogP contribution in [-0.4, -0.2) is 15.0 Å². The number of hydrogen-bond acceptors (Lipinski definition) is 10. The number of anilines is 6. The van der Waals surface area contributed by atoms with Crippen molar-refractivity contribution in [3.63, 3.8) is 0 Å². The summed E-state index contributed by atoms with van der Waals surface area (Å²) in [6.07, 6.45) is 0. The quantitative estimate of drug-likeness (QED) is 0.128. The molecule has 18 rings (SSSR count). The van der Waals surface area contributed by atoms with Gasteiger partial charge in [-0.15, -0.1) is 34.0 Å². The van der Waals surface area contributed by atoms with Crippen LogP contribution in [0.25, 0.3) is 97.3 Å². The van der Waals surface area contributed by atoms with Gasteiger partial charge in [-0.05, 0) is 106 Å². The first-order valence-electron chi connectivity index (χ1n) is 29.9. The molecule has 0 amide bonds. The minimum Gasteiger partial charge on any atom is -0.455 e. The standard InChI is InChI=1S/C79H51N5O2S3/c1-78(2)61-46-68(89-73(61)71-69(78)58-36-18-20-37-63(58)85-71)84(77-81-75(48-23-8-3-9-24-48)80-76(82-77)49-25-10-4-11-26-49)55-34-22-27-50(43-55)51-39-41-59-64(44-51)86-72-70(59)79(52-28-12-5-13-29-52,53-30-14-6-15-31-53)62-47-67(88-74(62)72)83(54-32-16-7-17-33-54)56-40-42-66-60(45-56)57-35-19-21-38-65(57)87-66/h3-47H,1-2H3. The van der Waals surface area contributed by atoms with Gasteiger partial charge in [0.1, 0.15) is 26.9 Å². The second kappa shape index (κ2) is 20.0. The Kier molecular flexibility index (Phi) is 11.6. The molecule has 2 aliphatic rings. The summed E-state index contributed by atoms with van der Waals surface area (Å²) >= 11 is 5.34. The molecule has 0 unspecified atom stereocenters. The molecule has 0 saturated carbocycles. The lowest BCUT2D eigenvalue weighted by Crippen LogP contribution is -2.28. The van der Waals surface area contributed by atoms with Gasteiger partial charge in [-0.1, -0.05) is 214 Å². The largest absolute Gasteiger partial charge is 0.455 e. The van der Waals surface area contributed by atoms with Gasteiger partial charge in [-0.25, -0.2) is 4.98 Å². The lowest BCUT2D eigenvalue weighted by Gasteiger charge is -2.33. The Bertz CT molecular complexity index is 5340. The van der Waals surface area contributed by atoms with Gasteiger partial charge in [0.05, 0.1) is 20.9 Å². The molecule has 6 aromatic heterocycles. The monoisotopic (exact) mass is 1200 g/mol. The average molecular weight is 1200 g/mol. The number of para-hydroxylation sites is 2. The fourth-order valence-electron chi connectivity index (χ4n) is 14.0. The summed E-state index contributed by atoms with van der Waals surface area (Å²) in [5.41, 5.74) is 14.7. The van der Waals surface area contributed by atoms with E-state index in [1.165, 1.54) is 48.0 Å². The Morgan fingerprint density at radius 1 is 0.348 bits per heavy atom. The van der Waals surface area contributed by atoms with Gasteiger partial charge < -0.3 is 13.7 Å². The summed E-state index contributed by atoms with van der Waals surface area (Å²) in [7, 11) is 0. The number of nitrogens with zero attached hydrogens (tertiary/aromatic N) is 5. The molecule has 6 heterocycles. The number of hydrogen-bond donors (Lipinski definition) is 0. The van der Waals surface area contributed by atoms with Gasteiger partial charge in [-0.2, -0.15) is 9.97 Å². The molecule has 0 saturated heterocycles. The number of furan rings is 2. The maximum Gasteiger partial charge on any atom is 0.239 e. The third-order valence-electron chi connectivity index (χ3n) is 18.0. The summed E-state index contributed by atoms with van der Waals surface area (Å²) in [5.74, 6) is 3.49.